The molecule has 1 aliphatic heterocycles. The Morgan fingerprint density at radius 2 is 1.24 bits per heavy atom. The number of ether oxygens (including phenoxy) is 1. The van der Waals surface area contributed by atoms with E-state index in [1.807, 2.05) is 104 Å². The molecule has 1 aliphatic carbocycles. The summed E-state index contributed by atoms with van der Waals surface area (Å²) in [5, 5.41) is 0.734. The van der Waals surface area contributed by atoms with Crippen molar-refractivity contribution in [1.29, 1.82) is 0 Å². The fourth-order valence-electron chi connectivity index (χ4n) is 12.2. The van der Waals surface area contributed by atoms with E-state index in [0.717, 1.165) is 52.0 Å². The van der Waals surface area contributed by atoms with Gasteiger partial charge in [-0.05, 0) is 138 Å². The van der Waals surface area contributed by atoms with Crippen molar-refractivity contribution in [3.05, 3.63) is 247 Å². The van der Waals surface area contributed by atoms with Gasteiger partial charge in [0.15, 0.2) is 0 Å². The summed E-state index contributed by atoms with van der Waals surface area (Å²) in [5.41, 5.74) is 12.8. The molecule has 3 heterocycles. The minimum atomic E-state index is -1.87. The largest absolute Gasteiger partial charge is 0.509 e. The number of fused-ring (bicyclic) bond motifs is 5. The normalized spacial score (nSPS) is 16.4. The van der Waals surface area contributed by atoms with E-state index in [9.17, 15) is 11.0 Å². The van der Waals surface area contributed by atoms with Crippen molar-refractivity contribution in [2.45, 2.75) is 124 Å². The molecule has 9 aromatic carbocycles. The first-order valence-corrected chi connectivity index (χ1v) is 29.6. The van der Waals surface area contributed by atoms with Crippen LogP contribution in [0.1, 0.15) is 137 Å². The van der Waals surface area contributed by atoms with Crippen molar-refractivity contribution < 1.29 is 39.5 Å². The molecule has 0 bridgehead atoms. The van der Waals surface area contributed by atoms with Crippen LogP contribution in [-0.2, 0) is 49.1 Å². The van der Waals surface area contributed by atoms with Gasteiger partial charge in [0.2, 0.25) is 0 Å². The molecule has 0 saturated carbocycles. The van der Waals surface area contributed by atoms with E-state index in [1.165, 1.54) is 11.1 Å². The summed E-state index contributed by atoms with van der Waals surface area (Å²) >= 11 is 0. The van der Waals surface area contributed by atoms with Crippen molar-refractivity contribution in [1.82, 2.24) is 9.55 Å². The Morgan fingerprint density at radius 1 is 0.593 bits per heavy atom. The van der Waals surface area contributed by atoms with Gasteiger partial charge < -0.3 is 19.1 Å². The fourth-order valence-corrected chi connectivity index (χ4v) is 12.2. The van der Waals surface area contributed by atoms with E-state index in [2.05, 4.69) is 129 Å². The zero-order valence-corrected chi connectivity index (χ0v) is 53.3. The molecule has 0 spiro atoms. The van der Waals surface area contributed by atoms with Crippen LogP contribution in [0.25, 0.3) is 72.1 Å². The zero-order chi connectivity index (χ0) is 67.9. The van der Waals surface area contributed by atoms with Crippen LogP contribution in [0.4, 0.5) is 22.7 Å². The number of hydrogen-bond acceptors (Lipinski definition) is 4. The number of rotatable bonds is 11. The molecule has 0 fully saturated rings. The molecule has 11 aromatic rings. The van der Waals surface area contributed by atoms with Gasteiger partial charge in [-0.15, -0.1) is 48.1 Å². The predicted molar refractivity (Wildman–Crippen MR) is 357 cm³/mol. The van der Waals surface area contributed by atoms with Crippen molar-refractivity contribution in [2.75, 3.05) is 9.80 Å². The summed E-state index contributed by atoms with van der Waals surface area (Å²) in [6.45, 7) is 28.0. The molecule has 0 N–H and O–H groups in total. The minimum absolute atomic E-state index is 0. The van der Waals surface area contributed by atoms with E-state index in [4.69, 9.17) is 12.5 Å². The van der Waals surface area contributed by atoms with E-state index in [-0.39, 0.29) is 119 Å². The maximum atomic E-state index is 9.96. The van der Waals surface area contributed by atoms with Gasteiger partial charge in [0, 0.05) is 80.8 Å². The van der Waals surface area contributed by atoms with E-state index in [1.54, 1.807) is 35.0 Å². The van der Waals surface area contributed by atoms with Crippen LogP contribution in [0.5, 0.6) is 11.5 Å². The van der Waals surface area contributed by atoms with Crippen molar-refractivity contribution in [3.8, 4) is 61.8 Å². The van der Waals surface area contributed by atoms with E-state index < -0.39 is 18.3 Å². The molecule has 2 aromatic heterocycles. The van der Waals surface area contributed by atoms with Crippen LogP contribution in [0, 0.1) is 24.7 Å². The molecular formula is C80H77N4OPt-3. The Labute approximate surface area is 539 Å². The summed E-state index contributed by atoms with van der Waals surface area (Å²) in [6, 6.07) is 52.1. The summed E-state index contributed by atoms with van der Waals surface area (Å²) in [6.07, 6.45) is 1.88. The molecule has 5 nitrogen and oxygen atoms in total. The average molecular weight is 1320 g/mol. The number of benzene rings is 9. The SMILES string of the molecule is [2H]c1c([2H])c(-c2ccccc2)c([2H])c(-c2cccc(-c3cc(C(C)(C)C)cc(C(C)(C)C)c3)c2N2[CH-]N(c3[c-]c(Oc4[c-]c5c(cc4)c4c([2H])c([2H])c([2H])c([2H])c4n5-c4cc(C([2H])([2H])C(C)C)c(-c5ccc6c(c5)C(C)(C)CCC6(C)C)cn4)ccc3)c3ccccc32)c1[2H].[Pt]. The second-order valence-electron chi connectivity index (χ2n) is 26.5. The number of aromatic nitrogens is 2. The number of pyridine rings is 1. The Morgan fingerprint density at radius 3 is 1.97 bits per heavy atom. The van der Waals surface area contributed by atoms with Gasteiger partial charge in [0.25, 0.3) is 0 Å². The summed E-state index contributed by atoms with van der Waals surface area (Å²) in [7, 11) is 0. The number of para-hydroxylation sites is 4. The van der Waals surface area contributed by atoms with Gasteiger partial charge in [0.1, 0.15) is 5.82 Å². The van der Waals surface area contributed by atoms with Crippen molar-refractivity contribution in [2.24, 2.45) is 5.92 Å². The molecule has 436 valence electrons. The van der Waals surface area contributed by atoms with E-state index >= 15 is 0 Å². The van der Waals surface area contributed by atoms with Gasteiger partial charge >= 0.3 is 0 Å². The number of anilines is 4. The molecule has 0 atom stereocenters. The van der Waals surface area contributed by atoms with Crippen LogP contribution in [-0.4, -0.2) is 9.55 Å². The summed E-state index contributed by atoms with van der Waals surface area (Å²) < 4.78 is 102. The summed E-state index contributed by atoms with van der Waals surface area (Å²) in [5.74, 6) is 0.349. The van der Waals surface area contributed by atoms with Crippen LogP contribution in [0.3, 0.4) is 0 Å². The van der Waals surface area contributed by atoms with Gasteiger partial charge in [-0.1, -0.05) is 222 Å². The molecule has 86 heavy (non-hydrogen) atoms. The van der Waals surface area contributed by atoms with Gasteiger partial charge in [0.05, 0.1) is 11.0 Å². The Bertz CT molecular complexity index is 4920. The van der Waals surface area contributed by atoms with Gasteiger partial charge in [-0.25, -0.2) is 4.98 Å². The third kappa shape index (κ3) is 10.9. The summed E-state index contributed by atoms with van der Waals surface area (Å²) in [4.78, 5) is 9.18. The van der Waals surface area contributed by atoms with Crippen LogP contribution in [0.2, 0.25) is 0 Å². The Balaban J connectivity index is 0.00000881. The molecule has 0 amide bonds. The fraction of sp³-hybridized carbons (Fsp3) is 0.250. The average Bonchev–Trinajstić information content (AvgIpc) is 1.51. The maximum Gasteiger partial charge on any atom is 0.135 e. The molecule has 0 saturated heterocycles. The monoisotopic (exact) mass is 1310 g/mol. The first-order chi connectivity index (χ1) is 44.8. The zero-order valence-electron chi connectivity index (χ0n) is 61.0. The third-order valence-corrected chi connectivity index (χ3v) is 17.1. The molecule has 0 unspecified atom stereocenters. The second-order valence-corrected chi connectivity index (χ2v) is 26.5. The molecule has 13 rings (SSSR count). The first-order valence-electron chi connectivity index (χ1n) is 34.6. The molecular weight excluding hydrogens is 1230 g/mol. The third-order valence-electron chi connectivity index (χ3n) is 17.1. The standard InChI is InChI=1S/C80H77N4O.Pt/c1-52(2)41-57-46-75(81-50-68(57)56-35-38-69-70(45-56)80(11,12)40-39-79(69,9)10)84-71-32-17-16-29-66(71)67-37-36-63(49-74(67)84)85-62-28-21-27-61(48-62)82-51-83(73-34-19-18-33-72(73)82)76-64(55-26-20-25-54(42-55)53-23-14-13-15-24-53)30-22-31-65(76)58-43-59(77(3,4)5)47-60(44-58)78(6,7)8;/h13-38,42-47,50-52H,39-41H2,1-12H3;/q-3;/i16D,17D,20D,25D,26D,29D,32D,41D2,42D;. The predicted octanol–water partition coefficient (Wildman–Crippen LogP) is 21.8. The quantitative estimate of drug-likeness (QED) is 0.121. The maximum absolute atomic E-state index is 9.96. The Hall–Kier alpha value is -7.98. The smallest absolute Gasteiger partial charge is 0.135 e. The number of hydrogen-bond donors (Lipinski definition) is 0. The number of nitrogens with zero attached hydrogens (tertiary/aromatic N) is 4. The van der Waals surface area contributed by atoms with Gasteiger partial charge in [-0.2, -0.15) is 12.1 Å². The Kier molecular flexibility index (Phi) is 12.3. The van der Waals surface area contributed by atoms with Crippen molar-refractivity contribution in [3.63, 3.8) is 0 Å². The van der Waals surface area contributed by atoms with Gasteiger partial charge in [-0.3, -0.25) is 0 Å². The topological polar surface area (TPSA) is 33.5 Å². The molecule has 0 radical (unpaired) electrons. The van der Waals surface area contributed by atoms with Crippen LogP contribution < -0.4 is 14.5 Å². The van der Waals surface area contributed by atoms with Crippen LogP contribution >= 0.6 is 0 Å². The molecule has 2 aliphatic rings. The van der Waals surface area contributed by atoms with Crippen molar-refractivity contribution >= 4 is 44.6 Å². The van der Waals surface area contributed by atoms with E-state index in [0.29, 0.717) is 50.3 Å². The second kappa shape index (κ2) is 22.4. The van der Waals surface area contributed by atoms with Crippen LogP contribution in [0.15, 0.2) is 200 Å². The minimum Gasteiger partial charge on any atom is -0.509 e. The first kappa shape index (κ1) is 47.2. The molecule has 6 heteroatoms.